The molecule has 2 aliphatic carbocycles. The van der Waals surface area contributed by atoms with Crippen molar-refractivity contribution in [3.63, 3.8) is 0 Å². The highest BCUT2D eigenvalue weighted by atomic mass is 32.2. The highest BCUT2D eigenvalue weighted by Crippen LogP contribution is 2.53. The van der Waals surface area contributed by atoms with Gasteiger partial charge >= 0.3 is 0 Å². The second-order valence-corrected chi connectivity index (χ2v) is 11.5. The van der Waals surface area contributed by atoms with Crippen LogP contribution in [-0.4, -0.2) is 53.8 Å². The molecule has 40 heavy (non-hydrogen) atoms. The van der Waals surface area contributed by atoms with Gasteiger partial charge < -0.3 is 10.1 Å². The van der Waals surface area contributed by atoms with Crippen LogP contribution in [0.1, 0.15) is 50.4 Å². The third kappa shape index (κ3) is 4.76. The molecule has 2 aliphatic rings. The van der Waals surface area contributed by atoms with Crippen molar-refractivity contribution in [3.8, 4) is 17.3 Å². The Kier molecular flexibility index (Phi) is 6.85. The summed E-state index contributed by atoms with van der Waals surface area (Å²) < 4.78 is 34.6. The van der Waals surface area contributed by atoms with Gasteiger partial charge in [0.15, 0.2) is 17.3 Å². The molecule has 10 nitrogen and oxygen atoms in total. The van der Waals surface area contributed by atoms with Gasteiger partial charge in [-0.1, -0.05) is 6.92 Å². The second-order valence-electron chi connectivity index (χ2n) is 10.2. The number of rotatable bonds is 10. The maximum absolute atomic E-state index is 13.9. The lowest BCUT2D eigenvalue weighted by molar-refractivity contribution is 0.106. The summed E-state index contributed by atoms with van der Waals surface area (Å²) in [6, 6.07) is 3.84. The number of nitrogens with one attached hydrogen (secondary N) is 1. The summed E-state index contributed by atoms with van der Waals surface area (Å²) in [5.41, 5.74) is 0.855. The molecule has 2 fully saturated rings. The number of hydrogen-bond donors (Lipinski definition) is 1. The summed E-state index contributed by atoms with van der Waals surface area (Å²) in [7, 11) is 1.50. The average Bonchev–Trinajstić information content (AvgIpc) is 3.89. The lowest BCUT2D eigenvalue weighted by Gasteiger charge is -2.20. The molecule has 0 bridgehead atoms. The van der Waals surface area contributed by atoms with Gasteiger partial charge in [-0.2, -0.15) is 0 Å². The fourth-order valence-electron chi connectivity index (χ4n) is 5.05. The lowest BCUT2D eigenvalue weighted by atomic mass is 10.1. The molecule has 1 N–H and O–H groups in total. The van der Waals surface area contributed by atoms with Crippen molar-refractivity contribution >= 4 is 28.7 Å². The molecule has 2 saturated carbocycles. The Balaban J connectivity index is 1.44. The monoisotopic (exact) mass is 566 g/mol. The molecule has 0 aromatic carbocycles. The van der Waals surface area contributed by atoms with Gasteiger partial charge in [0.05, 0.1) is 36.8 Å². The first-order chi connectivity index (χ1) is 19.3. The standard InChI is InChI=1S/C27H28F2N8O2S/c1-4-40-16-8-7-15(30-11-16)10-31-23-26(38)37(27(2)9-17(27)21(28)29)24-18(35-23)12-32-22(36-24)19-20(14-5-6-14)33-13-34-25(19)39-3/h7-8,11-14,17,21H,4-6,9-10H2,1-3H3,(H,31,35). The molecule has 0 amide bonds. The molecule has 0 spiro atoms. The van der Waals surface area contributed by atoms with Gasteiger partial charge in [-0.15, -0.1) is 11.8 Å². The van der Waals surface area contributed by atoms with Gasteiger partial charge in [-0.3, -0.25) is 14.3 Å². The van der Waals surface area contributed by atoms with Gasteiger partial charge in [0.25, 0.3) is 5.56 Å². The summed E-state index contributed by atoms with van der Waals surface area (Å²) in [4.78, 5) is 41.7. The van der Waals surface area contributed by atoms with E-state index in [1.807, 2.05) is 12.1 Å². The molecule has 4 aromatic heterocycles. The van der Waals surface area contributed by atoms with Crippen molar-refractivity contribution < 1.29 is 13.5 Å². The highest BCUT2D eigenvalue weighted by molar-refractivity contribution is 7.99. The molecular weight excluding hydrogens is 538 g/mol. The number of hydrogen-bond acceptors (Lipinski definition) is 10. The van der Waals surface area contributed by atoms with Crippen LogP contribution in [0.15, 0.2) is 40.5 Å². The van der Waals surface area contributed by atoms with Crippen LogP contribution < -0.4 is 15.6 Å². The van der Waals surface area contributed by atoms with Crippen molar-refractivity contribution in [2.75, 3.05) is 18.2 Å². The molecular formula is C27H28F2N8O2S. The zero-order valence-corrected chi connectivity index (χ0v) is 23.1. The molecule has 4 heterocycles. The maximum atomic E-state index is 13.9. The minimum absolute atomic E-state index is 0.0260. The van der Waals surface area contributed by atoms with Crippen molar-refractivity contribution in [1.82, 2.24) is 34.5 Å². The van der Waals surface area contributed by atoms with Crippen LogP contribution in [0.4, 0.5) is 14.6 Å². The van der Waals surface area contributed by atoms with E-state index in [0.717, 1.165) is 29.2 Å². The number of ether oxygens (including phenoxy) is 1. The zero-order valence-electron chi connectivity index (χ0n) is 22.3. The minimum Gasteiger partial charge on any atom is -0.480 e. The molecule has 4 aromatic rings. The topological polar surface area (TPSA) is 121 Å². The third-order valence-corrected chi connectivity index (χ3v) is 8.32. The van der Waals surface area contributed by atoms with Crippen LogP contribution in [0.5, 0.6) is 5.88 Å². The fraction of sp³-hybridized carbons (Fsp3) is 0.444. The number of fused-ring (bicyclic) bond motifs is 1. The smallest absolute Gasteiger partial charge is 0.295 e. The van der Waals surface area contributed by atoms with E-state index in [4.69, 9.17) is 9.72 Å². The Morgan fingerprint density at radius 1 is 1.18 bits per heavy atom. The third-order valence-electron chi connectivity index (χ3n) is 7.45. The van der Waals surface area contributed by atoms with Crippen molar-refractivity contribution in [2.24, 2.45) is 5.92 Å². The van der Waals surface area contributed by atoms with Gasteiger partial charge in [-0.05, 0) is 44.1 Å². The van der Waals surface area contributed by atoms with Gasteiger partial charge in [0, 0.05) is 22.9 Å². The summed E-state index contributed by atoms with van der Waals surface area (Å²) in [5.74, 6) is 0.797. The average molecular weight is 567 g/mol. The molecule has 6 rings (SSSR count). The van der Waals surface area contributed by atoms with E-state index < -0.39 is 23.4 Å². The summed E-state index contributed by atoms with van der Waals surface area (Å²) in [5, 5.41) is 3.06. The Bertz CT molecular complexity index is 1630. The largest absolute Gasteiger partial charge is 0.480 e. The minimum atomic E-state index is -2.58. The summed E-state index contributed by atoms with van der Waals surface area (Å²) in [6.45, 7) is 3.96. The first-order valence-corrected chi connectivity index (χ1v) is 14.1. The maximum Gasteiger partial charge on any atom is 0.295 e. The number of methoxy groups -OCH3 is 1. The molecule has 0 radical (unpaired) electrons. The first kappa shape index (κ1) is 26.5. The summed E-state index contributed by atoms with van der Waals surface area (Å²) in [6.07, 6.45) is 4.24. The van der Waals surface area contributed by atoms with Crippen molar-refractivity contribution in [3.05, 3.63) is 52.6 Å². The molecule has 13 heteroatoms. The van der Waals surface area contributed by atoms with E-state index in [2.05, 4.69) is 37.2 Å². The Morgan fingerprint density at radius 3 is 2.65 bits per heavy atom. The Hall–Kier alpha value is -3.74. The van der Waals surface area contributed by atoms with Gasteiger partial charge in [0.2, 0.25) is 12.3 Å². The number of pyridine rings is 1. The molecule has 0 saturated heterocycles. The second kappa shape index (κ2) is 10.3. The summed E-state index contributed by atoms with van der Waals surface area (Å²) >= 11 is 1.68. The van der Waals surface area contributed by atoms with Crippen LogP contribution in [0.2, 0.25) is 0 Å². The number of nitrogens with zero attached hydrogens (tertiary/aromatic N) is 7. The number of halogens is 2. The van der Waals surface area contributed by atoms with Crippen molar-refractivity contribution in [1.29, 1.82) is 0 Å². The van der Waals surface area contributed by atoms with Crippen LogP contribution in [0.25, 0.3) is 22.6 Å². The lowest BCUT2D eigenvalue weighted by Crippen LogP contribution is -2.34. The van der Waals surface area contributed by atoms with E-state index in [-0.39, 0.29) is 36.2 Å². The highest BCUT2D eigenvalue weighted by Gasteiger charge is 2.58. The quantitative estimate of drug-likeness (QED) is 0.272. The molecule has 2 unspecified atom stereocenters. The molecule has 2 atom stereocenters. The SMILES string of the molecule is CCSc1ccc(CNc2nc3cnc(-c4c(OC)ncnc4C4CC4)nc3n(C3(C)CC3C(F)F)c2=O)nc1. The number of thioether (sulfide) groups is 1. The van der Waals surface area contributed by atoms with Crippen LogP contribution >= 0.6 is 11.8 Å². The first-order valence-electron chi connectivity index (χ1n) is 13.1. The van der Waals surface area contributed by atoms with Gasteiger partial charge in [0.1, 0.15) is 17.4 Å². The van der Waals surface area contributed by atoms with E-state index in [1.165, 1.54) is 24.2 Å². The number of aromatic nitrogens is 7. The fourth-order valence-corrected chi connectivity index (χ4v) is 5.67. The van der Waals surface area contributed by atoms with E-state index in [9.17, 15) is 13.6 Å². The van der Waals surface area contributed by atoms with Crippen LogP contribution in [-0.2, 0) is 12.1 Å². The van der Waals surface area contributed by atoms with E-state index in [0.29, 0.717) is 22.7 Å². The van der Waals surface area contributed by atoms with Gasteiger partial charge in [-0.25, -0.2) is 33.7 Å². The Morgan fingerprint density at radius 2 is 2.00 bits per heavy atom. The zero-order chi connectivity index (χ0) is 28.0. The normalized spacial score (nSPS) is 20.2. The van der Waals surface area contributed by atoms with E-state index in [1.54, 1.807) is 24.9 Å². The van der Waals surface area contributed by atoms with Crippen LogP contribution in [0.3, 0.4) is 0 Å². The predicted molar refractivity (Wildman–Crippen MR) is 147 cm³/mol. The Labute approximate surface area is 233 Å². The van der Waals surface area contributed by atoms with Crippen LogP contribution in [0, 0.1) is 5.92 Å². The molecule has 0 aliphatic heterocycles. The number of anilines is 1. The molecule has 208 valence electrons. The van der Waals surface area contributed by atoms with E-state index >= 15 is 0 Å². The number of alkyl halides is 2. The predicted octanol–water partition coefficient (Wildman–Crippen LogP) is 4.65. The van der Waals surface area contributed by atoms with Crippen molar-refractivity contribution in [2.45, 2.75) is 62.4 Å².